The first-order valence-corrected chi connectivity index (χ1v) is 7.70. The maximum Gasteiger partial charge on any atom is 0.0888 e. The third kappa shape index (κ3) is 2.91. The fourth-order valence-corrected chi connectivity index (χ4v) is 3.39. The van der Waals surface area contributed by atoms with E-state index in [4.69, 9.17) is 4.74 Å². The average Bonchev–Trinajstić information content (AvgIpc) is 2.83. The topological polar surface area (TPSA) is 39.1 Å². The highest BCUT2D eigenvalue weighted by Crippen LogP contribution is 2.47. The number of nitrogens with zero attached hydrogens (tertiary/aromatic N) is 2. The van der Waals surface area contributed by atoms with Crippen LogP contribution in [0.25, 0.3) is 0 Å². The second-order valence-electron chi connectivity index (χ2n) is 6.80. The number of hydrogen-bond donors (Lipinski definition) is 1. The largest absolute Gasteiger partial charge is 0.376 e. The Bertz CT molecular complexity index is 429. The zero-order chi connectivity index (χ0) is 14.8. The summed E-state index contributed by atoms with van der Waals surface area (Å²) < 4.78 is 8.03. The van der Waals surface area contributed by atoms with E-state index >= 15 is 0 Å². The molecule has 4 heteroatoms. The highest BCUT2D eigenvalue weighted by molar-refractivity contribution is 5.14. The van der Waals surface area contributed by atoms with Crippen LogP contribution in [0.4, 0.5) is 0 Å². The van der Waals surface area contributed by atoms with E-state index < -0.39 is 0 Å². The molecule has 0 bridgehead atoms. The zero-order valence-electron chi connectivity index (χ0n) is 13.6. The summed E-state index contributed by atoms with van der Waals surface area (Å²) in [5, 5.41) is 7.96. The van der Waals surface area contributed by atoms with Crippen molar-refractivity contribution in [2.45, 2.75) is 58.1 Å². The molecular weight excluding hydrogens is 250 g/mol. The van der Waals surface area contributed by atoms with Crippen LogP contribution in [0.2, 0.25) is 0 Å². The van der Waals surface area contributed by atoms with Crippen molar-refractivity contribution >= 4 is 0 Å². The van der Waals surface area contributed by atoms with Crippen molar-refractivity contribution in [3.05, 3.63) is 18.0 Å². The highest BCUT2D eigenvalue weighted by Gasteiger charge is 2.45. The summed E-state index contributed by atoms with van der Waals surface area (Å²) in [4.78, 5) is 0. The van der Waals surface area contributed by atoms with Gasteiger partial charge in [-0.1, -0.05) is 20.8 Å². The Kier molecular flexibility index (Phi) is 4.55. The van der Waals surface area contributed by atoms with Gasteiger partial charge in [0.25, 0.3) is 0 Å². The van der Waals surface area contributed by atoms with Gasteiger partial charge in [0.2, 0.25) is 0 Å². The van der Waals surface area contributed by atoms with E-state index in [-0.39, 0.29) is 11.6 Å². The fraction of sp³-hybridized carbons (Fsp3) is 0.812. The van der Waals surface area contributed by atoms with Gasteiger partial charge in [-0.2, -0.15) is 5.10 Å². The van der Waals surface area contributed by atoms with Gasteiger partial charge < -0.3 is 10.1 Å². The van der Waals surface area contributed by atoms with Gasteiger partial charge >= 0.3 is 0 Å². The summed E-state index contributed by atoms with van der Waals surface area (Å²) in [5.74, 6) is 0. The first-order chi connectivity index (χ1) is 9.44. The molecule has 1 saturated carbocycles. The molecule has 1 N–H and O–H groups in total. The van der Waals surface area contributed by atoms with Crippen LogP contribution in [0.15, 0.2) is 12.3 Å². The Hall–Kier alpha value is -0.870. The summed E-state index contributed by atoms with van der Waals surface area (Å²) >= 11 is 0. The van der Waals surface area contributed by atoms with Crippen molar-refractivity contribution in [3.63, 3.8) is 0 Å². The lowest BCUT2D eigenvalue weighted by atomic mass is 9.68. The van der Waals surface area contributed by atoms with E-state index in [0.29, 0.717) is 5.41 Å². The van der Waals surface area contributed by atoms with Crippen LogP contribution in [-0.2, 0) is 11.8 Å². The van der Waals surface area contributed by atoms with Crippen molar-refractivity contribution in [1.82, 2.24) is 15.1 Å². The van der Waals surface area contributed by atoms with Crippen LogP contribution in [0, 0.1) is 5.41 Å². The number of hydrogen-bond acceptors (Lipinski definition) is 3. The van der Waals surface area contributed by atoms with Crippen molar-refractivity contribution in [1.29, 1.82) is 0 Å². The van der Waals surface area contributed by atoms with E-state index in [2.05, 4.69) is 37.3 Å². The number of aromatic nitrogens is 2. The molecule has 1 aliphatic carbocycles. The zero-order valence-corrected chi connectivity index (χ0v) is 13.6. The summed E-state index contributed by atoms with van der Waals surface area (Å²) in [6.45, 7) is 7.81. The van der Waals surface area contributed by atoms with E-state index in [1.54, 1.807) is 0 Å². The number of likely N-dealkylation sites (N-methyl/N-ethyl adjacent to an activating group) is 1. The second-order valence-corrected chi connectivity index (χ2v) is 6.80. The molecule has 114 valence electrons. The van der Waals surface area contributed by atoms with E-state index in [9.17, 15) is 0 Å². The van der Waals surface area contributed by atoms with E-state index in [1.165, 1.54) is 18.5 Å². The van der Waals surface area contributed by atoms with Crippen LogP contribution in [0.1, 0.15) is 58.2 Å². The summed E-state index contributed by atoms with van der Waals surface area (Å²) in [6.07, 6.45) is 6.48. The quantitative estimate of drug-likeness (QED) is 0.900. The minimum absolute atomic E-state index is 0.112. The second kappa shape index (κ2) is 5.86. The summed E-state index contributed by atoms with van der Waals surface area (Å²) in [5.41, 5.74) is 1.54. The van der Waals surface area contributed by atoms with Gasteiger partial charge in [0, 0.05) is 20.4 Å². The predicted octanol–water partition coefficient (Wildman–Crippen LogP) is 3.06. The summed E-state index contributed by atoms with van der Waals surface area (Å²) in [7, 11) is 3.87. The molecule has 0 aromatic carbocycles. The van der Waals surface area contributed by atoms with Crippen LogP contribution in [-0.4, -0.2) is 29.0 Å². The maximum absolute atomic E-state index is 6.06. The molecule has 1 heterocycles. The Balaban J connectivity index is 2.29. The molecule has 1 aromatic rings. The normalized spacial score (nSPS) is 22.6. The molecule has 1 unspecified atom stereocenters. The lowest BCUT2D eigenvalue weighted by molar-refractivity contribution is -0.0888. The monoisotopic (exact) mass is 279 g/mol. The minimum atomic E-state index is -0.112. The van der Waals surface area contributed by atoms with Crippen molar-refractivity contribution in [2.24, 2.45) is 12.5 Å². The predicted molar refractivity (Wildman–Crippen MR) is 81.6 cm³/mol. The van der Waals surface area contributed by atoms with Gasteiger partial charge in [-0.25, -0.2) is 0 Å². The molecule has 1 atom stereocenters. The van der Waals surface area contributed by atoms with Crippen LogP contribution in [0.3, 0.4) is 0 Å². The lowest BCUT2D eigenvalue weighted by Crippen LogP contribution is -2.49. The first-order valence-electron chi connectivity index (χ1n) is 7.70. The van der Waals surface area contributed by atoms with Gasteiger partial charge in [0.1, 0.15) is 0 Å². The molecule has 0 radical (unpaired) electrons. The fourth-order valence-electron chi connectivity index (χ4n) is 3.39. The SMILES string of the molecule is CCNC(c1ccnn1C)C1(OC)CCC(C)(C)CC1. The molecule has 1 aliphatic rings. The van der Waals surface area contributed by atoms with Gasteiger partial charge in [-0.15, -0.1) is 0 Å². The number of ether oxygens (including phenoxy) is 1. The van der Waals surface area contributed by atoms with Crippen LogP contribution >= 0.6 is 0 Å². The molecule has 0 amide bonds. The third-order valence-electron chi connectivity index (χ3n) is 4.95. The number of nitrogens with one attached hydrogen (secondary N) is 1. The average molecular weight is 279 g/mol. The van der Waals surface area contributed by atoms with Crippen molar-refractivity contribution in [3.8, 4) is 0 Å². The van der Waals surface area contributed by atoms with E-state index in [1.807, 2.05) is 25.0 Å². The number of aryl methyl sites for hydroxylation is 1. The first kappa shape index (κ1) is 15.5. The van der Waals surface area contributed by atoms with Crippen molar-refractivity contribution in [2.75, 3.05) is 13.7 Å². The standard InChI is InChI=1S/C16H29N3O/c1-6-17-14(13-7-12-18-19(13)4)16(20-5)10-8-15(2,3)9-11-16/h7,12,14,17H,6,8-11H2,1-5H3. The number of rotatable bonds is 5. The molecule has 0 saturated heterocycles. The van der Waals surface area contributed by atoms with Crippen LogP contribution < -0.4 is 5.32 Å². The minimum Gasteiger partial charge on any atom is -0.376 e. The van der Waals surface area contributed by atoms with E-state index in [0.717, 1.165) is 19.4 Å². The lowest BCUT2D eigenvalue weighted by Gasteiger charge is -2.47. The molecule has 20 heavy (non-hydrogen) atoms. The van der Waals surface area contributed by atoms with Gasteiger partial charge in [-0.3, -0.25) is 4.68 Å². The number of methoxy groups -OCH3 is 1. The Morgan fingerprint density at radius 2 is 2.00 bits per heavy atom. The van der Waals surface area contributed by atoms with Crippen molar-refractivity contribution < 1.29 is 4.74 Å². The highest BCUT2D eigenvalue weighted by atomic mass is 16.5. The van der Waals surface area contributed by atoms with Gasteiger partial charge in [0.15, 0.2) is 0 Å². The maximum atomic E-state index is 6.06. The van der Waals surface area contributed by atoms with Crippen LogP contribution in [0.5, 0.6) is 0 Å². The third-order valence-corrected chi connectivity index (χ3v) is 4.95. The molecule has 0 spiro atoms. The smallest absolute Gasteiger partial charge is 0.0888 e. The summed E-state index contributed by atoms with van der Waals surface area (Å²) in [6, 6.07) is 2.31. The molecule has 1 aromatic heterocycles. The molecule has 1 fully saturated rings. The molecular formula is C16H29N3O. The Labute approximate surface area is 122 Å². The van der Waals surface area contributed by atoms with Gasteiger partial charge in [-0.05, 0) is 43.7 Å². The molecule has 4 nitrogen and oxygen atoms in total. The molecule has 2 rings (SSSR count). The molecule has 0 aliphatic heterocycles. The Morgan fingerprint density at radius 3 is 2.45 bits per heavy atom. The Morgan fingerprint density at radius 1 is 1.35 bits per heavy atom. The van der Waals surface area contributed by atoms with Gasteiger partial charge in [0.05, 0.1) is 17.3 Å².